The van der Waals surface area contributed by atoms with Gasteiger partial charge in [0.2, 0.25) is 0 Å². The number of rotatable bonds is 3. The van der Waals surface area contributed by atoms with E-state index in [9.17, 15) is 0 Å². The van der Waals surface area contributed by atoms with Crippen LogP contribution in [0.15, 0.2) is 36.5 Å². The minimum atomic E-state index is 0.540. The summed E-state index contributed by atoms with van der Waals surface area (Å²) in [7, 11) is 3.18. The molecule has 0 fully saturated rings. The molecule has 0 saturated heterocycles. The van der Waals surface area contributed by atoms with Crippen LogP contribution in [-0.4, -0.2) is 28.8 Å². The fourth-order valence-corrected chi connectivity index (χ4v) is 2.09. The van der Waals surface area contributed by atoms with Crippen molar-refractivity contribution in [3.05, 3.63) is 42.1 Å². The fourth-order valence-electron chi connectivity index (χ4n) is 2.09. The first-order chi connectivity index (χ1) is 10.2. The van der Waals surface area contributed by atoms with Gasteiger partial charge >= 0.3 is 0 Å². The van der Waals surface area contributed by atoms with Crippen molar-refractivity contribution in [2.45, 2.75) is 0 Å². The normalized spacial score (nSPS) is 10.3. The quantitative estimate of drug-likeness (QED) is 0.736. The number of hydrogen-bond acceptors (Lipinski definition) is 5. The number of nitrogens with zero attached hydrogens (tertiary/aromatic N) is 4. The molecule has 0 aliphatic carbocycles. The molecular formula is C15H12N4O2. The number of pyridine rings is 1. The summed E-state index contributed by atoms with van der Waals surface area (Å²) < 4.78 is 12.3. The molecule has 3 rings (SSSR count). The van der Waals surface area contributed by atoms with Gasteiger partial charge in [-0.05, 0) is 24.3 Å². The Bertz CT molecular complexity index is 826. The van der Waals surface area contributed by atoms with E-state index in [0.717, 1.165) is 5.56 Å². The molecule has 1 aromatic carbocycles. The second-order valence-corrected chi connectivity index (χ2v) is 4.38. The first-order valence-corrected chi connectivity index (χ1v) is 6.23. The summed E-state index contributed by atoms with van der Waals surface area (Å²) in [6.45, 7) is 0. The molecule has 0 aliphatic rings. The molecular weight excluding hydrogens is 268 g/mol. The predicted molar refractivity (Wildman–Crippen MR) is 76.2 cm³/mol. The van der Waals surface area contributed by atoms with Gasteiger partial charge in [0.1, 0.15) is 17.6 Å². The molecule has 2 aromatic heterocycles. The maximum absolute atomic E-state index is 9.02. The number of benzene rings is 1. The fraction of sp³-hybridized carbons (Fsp3) is 0.133. The average Bonchev–Trinajstić information content (AvgIpc) is 2.97. The van der Waals surface area contributed by atoms with Crippen LogP contribution in [0.5, 0.6) is 11.5 Å². The first-order valence-electron chi connectivity index (χ1n) is 6.23. The maximum Gasteiger partial charge on any atom is 0.168 e. The van der Waals surface area contributed by atoms with Gasteiger partial charge in [0.05, 0.1) is 19.8 Å². The van der Waals surface area contributed by atoms with E-state index < -0.39 is 0 Å². The zero-order valence-corrected chi connectivity index (χ0v) is 11.6. The molecule has 6 nitrogen and oxygen atoms in total. The van der Waals surface area contributed by atoms with Crippen molar-refractivity contribution in [3.63, 3.8) is 0 Å². The molecule has 0 amide bonds. The van der Waals surface area contributed by atoms with Gasteiger partial charge < -0.3 is 9.47 Å². The average molecular weight is 280 g/mol. The second kappa shape index (κ2) is 5.13. The van der Waals surface area contributed by atoms with Crippen LogP contribution in [0, 0.1) is 11.3 Å². The van der Waals surface area contributed by atoms with E-state index in [0.29, 0.717) is 28.5 Å². The van der Waals surface area contributed by atoms with Crippen molar-refractivity contribution in [2.24, 2.45) is 0 Å². The Hall–Kier alpha value is -3.07. The SMILES string of the molecule is COc1cc(OC)cc(-c2nnc3ccc(C#N)cn23)c1. The molecule has 0 radical (unpaired) electrons. The molecule has 104 valence electrons. The molecule has 0 bridgehead atoms. The lowest BCUT2D eigenvalue weighted by Crippen LogP contribution is -1.93. The molecule has 0 atom stereocenters. The number of fused-ring (bicyclic) bond motifs is 1. The third-order valence-corrected chi connectivity index (χ3v) is 3.14. The van der Waals surface area contributed by atoms with Crippen LogP contribution in [0.4, 0.5) is 0 Å². The van der Waals surface area contributed by atoms with Gasteiger partial charge in [-0.15, -0.1) is 10.2 Å². The van der Waals surface area contributed by atoms with E-state index in [1.165, 1.54) is 0 Å². The Morgan fingerprint density at radius 2 is 1.76 bits per heavy atom. The molecule has 0 spiro atoms. The van der Waals surface area contributed by atoms with Crippen molar-refractivity contribution in [1.82, 2.24) is 14.6 Å². The number of methoxy groups -OCH3 is 2. The Balaban J connectivity index is 2.22. The molecule has 0 aliphatic heterocycles. The highest BCUT2D eigenvalue weighted by atomic mass is 16.5. The van der Waals surface area contributed by atoms with Crippen LogP contribution >= 0.6 is 0 Å². The number of hydrogen-bond donors (Lipinski definition) is 0. The molecule has 3 aromatic rings. The van der Waals surface area contributed by atoms with Gasteiger partial charge in [0.25, 0.3) is 0 Å². The van der Waals surface area contributed by atoms with E-state index in [2.05, 4.69) is 16.3 Å². The molecule has 2 heterocycles. The zero-order valence-electron chi connectivity index (χ0n) is 11.6. The monoisotopic (exact) mass is 280 g/mol. The molecule has 21 heavy (non-hydrogen) atoms. The van der Waals surface area contributed by atoms with Crippen LogP contribution in [0.3, 0.4) is 0 Å². The van der Waals surface area contributed by atoms with Gasteiger partial charge in [-0.2, -0.15) is 5.26 Å². The standard InChI is InChI=1S/C15H12N4O2/c1-20-12-5-11(6-13(7-12)21-2)15-18-17-14-4-3-10(8-16)9-19(14)15/h3-7,9H,1-2H3. The van der Waals surface area contributed by atoms with Gasteiger partial charge in [-0.3, -0.25) is 4.40 Å². The highest BCUT2D eigenvalue weighted by Crippen LogP contribution is 2.29. The summed E-state index contributed by atoms with van der Waals surface area (Å²) in [6, 6.07) is 11.0. The van der Waals surface area contributed by atoms with Crippen molar-refractivity contribution in [1.29, 1.82) is 5.26 Å². The van der Waals surface area contributed by atoms with E-state index in [4.69, 9.17) is 14.7 Å². The zero-order chi connectivity index (χ0) is 14.8. The van der Waals surface area contributed by atoms with Crippen molar-refractivity contribution in [2.75, 3.05) is 14.2 Å². The third kappa shape index (κ3) is 2.25. The number of ether oxygens (including phenoxy) is 2. The summed E-state index contributed by atoms with van der Waals surface area (Å²) in [6.07, 6.45) is 1.70. The van der Waals surface area contributed by atoms with Crippen molar-refractivity contribution < 1.29 is 9.47 Å². The Morgan fingerprint density at radius 1 is 1.05 bits per heavy atom. The van der Waals surface area contributed by atoms with Gasteiger partial charge in [-0.1, -0.05) is 0 Å². The van der Waals surface area contributed by atoms with Crippen LogP contribution < -0.4 is 9.47 Å². The number of aromatic nitrogens is 3. The molecule has 0 N–H and O–H groups in total. The summed E-state index contributed by atoms with van der Waals surface area (Å²) in [5, 5.41) is 17.3. The lowest BCUT2D eigenvalue weighted by Gasteiger charge is -2.07. The van der Waals surface area contributed by atoms with Gasteiger partial charge in [0.15, 0.2) is 11.5 Å². The topological polar surface area (TPSA) is 72.4 Å². The van der Waals surface area contributed by atoms with Crippen LogP contribution in [0.2, 0.25) is 0 Å². The molecule has 0 unspecified atom stereocenters. The largest absolute Gasteiger partial charge is 0.497 e. The van der Waals surface area contributed by atoms with Crippen LogP contribution in [0.25, 0.3) is 17.0 Å². The minimum Gasteiger partial charge on any atom is -0.497 e. The van der Waals surface area contributed by atoms with Crippen LogP contribution in [0.1, 0.15) is 5.56 Å². The lowest BCUT2D eigenvalue weighted by molar-refractivity contribution is 0.394. The van der Waals surface area contributed by atoms with E-state index in [1.54, 1.807) is 43.0 Å². The summed E-state index contributed by atoms with van der Waals surface area (Å²) >= 11 is 0. The highest BCUT2D eigenvalue weighted by molar-refractivity contribution is 5.64. The maximum atomic E-state index is 9.02. The second-order valence-electron chi connectivity index (χ2n) is 4.38. The van der Waals surface area contributed by atoms with Gasteiger partial charge in [-0.25, -0.2) is 0 Å². The van der Waals surface area contributed by atoms with Gasteiger partial charge in [0, 0.05) is 17.8 Å². The minimum absolute atomic E-state index is 0.540. The summed E-state index contributed by atoms with van der Waals surface area (Å²) in [5.74, 6) is 1.95. The van der Waals surface area contributed by atoms with E-state index in [-0.39, 0.29) is 0 Å². The Kier molecular flexibility index (Phi) is 3.16. The molecule has 0 saturated carbocycles. The number of nitriles is 1. The summed E-state index contributed by atoms with van der Waals surface area (Å²) in [4.78, 5) is 0. The summed E-state index contributed by atoms with van der Waals surface area (Å²) in [5.41, 5.74) is 2.01. The highest BCUT2D eigenvalue weighted by Gasteiger charge is 2.11. The van der Waals surface area contributed by atoms with E-state index >= 15 is 0 Å². The van der Waals surface area contributed by atoms with E-state index in [1.807, 2.05) is 12.1 Å². The molecule has 6 heteroatoms. The predicted octanol–water partition coefficient (Wildman–Crippen LogP) is 2.29. The first kappa shape index (κ1) is 12.9. The lowest BCUT2D eigenvalue weighted by atomic mass is 10.2. The Labute approximate surface area is 121 Å². The third-order valence-electron chi connectivity index (χ3n) is 3.14. The Morgan fingerprint density at radius 3 is 2.38 bits per heavy atom. The smallest absolute Gasteiger partial charge is 0.168 e. The van der Waals surface area contributed by atoms with Crippen molar-refractivity contribution >= 4 is 5.65 Å². The van der Waals surface area contributed by atoms with Crippen LogP contribution in [-0.2, 0) is 0 Å². The van der Waals surface area contributed by atoms with Crippen molar-refractivity contribution in [3.8, 4) is 29.0 Å².